The van der Waals surface area contributed by atoms with Crippen molar-refractivity contribution in [2.75, 3.05) is 9.80 Å². The quantitative estimate of drug-likeness (QED) is 0.288. The van der Waals surface area contributed by atoms with Crippen molar-refractivity contribution < 1.29 is 19.2 Å². The molecule has 2 saturated heterocycles. The van der Waals surface area contributed by atoms with Gasteiger partial charge in [-0.25, -0.2) is 0 Å². The van der Waals surface area contributed by atoms with Gasteiger partial charge in [0.2, 0.25) is 23.6 Å². The third kappa shape index (κ3) is 3.69. The molecule has 6 fully saturated rings. The maximum Gasteiger partial charge on any atom is 0.238 e. The Morgan fingerprint density at radius 2 is 0.756 bits per heavy atom. The molecule has 4 amide bonds. The van der Waals surface area contributed by atoms with Gasteiger partial charge in [0.25, 0.3) is 0 Å². The van der Waals surface area contributed by atoms with E-state index < -0.39 is 0 Å². The number of hydrogen-bond donors (Lipinski definition) is 0. The summed E-state index contributed by atoms with van der Waals surface area (Å²) in [6.45, 7) is 0. The van der Waals surface area contributed by atoms with Crippen LogP contribution in [0, 0.1) is 47.3 Å². The van der Waals surface area contributed by atoms with E-state index in [2.05, 4.69) is 63.7 Å². The number of fused-ring (bicyclic) bond motifs is 10. The maximum absolute atomic E-state index is 13.4. The van der Waals surface area contributed by atoms with E-state index >= 15 is 0 Å². The highest BCUT2D eigenvalue weighted by molar-refractivity contribution is 9.12. The molecule has 2 heterocycles. The zero-order valence-electron chi connectivity index (χ0n) is 21.7. The molecule has 6 nitrogen and oxygen atoms in total. The molecule has 10 heteroatoms. The van der Waals surface area contributed by atoms with E-state index in [1.807, 2.05) is 48.5 Å². The zero-order valence-corrected chi connectivity index (χ0v) is 28.1. The Bertz CT molecular complexity index is 1320. The lowest BCUT2D eigenvalue weighted by Crippen LogP contribution is -2.37. The Morgan fingerprint density at radius 3 is 1.02 bits per heavy atom. The molecular formula is C31H26Br4N2O4. The van der Waals surface area contributed by atoms with Crippen molar-refractivity contribution in [1.82, 2.24) is 0 Å². The average Bonchev–Trinajstić information content (AvgIpc) is 3.77. The van der Waals surface area contributed by atoms with Gasteiger partial charge in [-0.2, -0.15) is 0 Å². The first-order chi connectivity index (χ1) is 19.7. The molecule has 4 bridgehead atoms. The van der Waals surface area contributed by atoms with Crippen LogP contribution in [0.1, 0.15) is 24.0 Å². The van der Waals surface area contributed by atoms with E-state index in [9.17, 15) is 19.2 Å². The summed E-state index contributed by atoms with van der Waals surface area (Å²) in [5.41, 5.74) is 3.36. The van der Waals surface area contributed by atoms with Crippen LogP contribution >= 0.6 is 63.7 Å². The molecule has 4 saturated carbocycles. The molecule has 2 aromatic rings. The monoisotopic (exact) mass is 806 g/mol. The van der Waals surface area contributed by atoms with E-state index in [4.69, 9.17) is 0 Å². The van der Waals surface area contributed by atoms with Crippen molar-refractivity contribution in [1.29, 1.82) is 0 Å². The van der Waals surface area contributed by atoms with E-state index in [0.29, 0.717) is 17.8 Å². The molecule has 0 N–H and O–H groups in total. The number of carbonyl (C=O) groups is 4. The molecule has 6 aliphatic rings. The summed E-state index contributed by atoms with van der Waals surface area (Å²) >= 11 is 15.0. The molecule has 8 unspecified atom stereocenters. The van der Waals surface area contributed by atoms with Crippen molar-refractivity contribution >= 4 is 98.7 Å². The van der Waals surface area contributed by atoms with Gasteiger partial charge in [-0.15, -0.1) is 0 Å². The number of nitrogens with zero attached hydrogens (tertiary/aromatic N) is 2. The van der Waals surface area contributed by atoms with Crippen molar-refractivity contribution in [3.05, 3.63) is 59.7 Å². The summed E-state index contributed by atoms with van der Waals surface area (Å²) in [6.07, 6.45) is 2.49. The number of benzene rings is 2. The van der Waals surface area contributed by atoms with Crippen molar-refractivity contribution in [2.24, 2.45) is 47.3 Å². The Hall–Kier alpha value is -1.36. The second kappa shape index (κ2) is 9.57. The van der Waals surface area contributed by atoms with Crippen LogP contribution in [0.4, 0.5) is 11.4 Å². The number of carbonyl (C=O) groups excluding carboxylic acids is 4. The molecule has 41 heavy (non-hydrogen) atoms. The minimum Gasteiger partial charge on any atom is -0.274 e. The normalized spacial score (nSPS) is 42.1. The molecule has 0 radical (unpaired) electrons. The van der Waals surface area contributed by atoms with Crippen LogP contribution in [0.15, 0.2) is 48.5 Å². The first-order valence-electron chi connectivity index (χ1n) is 14.2. The number of rotatable bonds is 4. The van der Waals surface area contributed by atoms with Crippen molar-refractivity contribution in [2.45, 2.75) is 38.6 Å². The SMILES string of the molecule is O=C1C2C(C(=O)N1c1ccc(Cc3ccc(N4C(=O)C5C(C4=O)C4CC5[C@H](Br)[C@H]4Br)cc3)cc1)C1CC2[C@H](Br)[C@H]1Br. The summed E-state index contributed by atoms with van der Waals surface area (Å²) in [4.78, 5) is 57.1. The number of anilines is 2. The first-order valence-corrected chi connectivity index (χ1v) is 17.8. The highest BCUT2D eigenvalue weighted by Gasteiger charge is 2.67. The molecule has 4 aliphatic carbocycles. The van der Waals surface area contributed by atoms with Gasteiger partial charge in [0.15, 0.2) is 0 Å². The second-order valence-corrected chi connectivity index (χ2v) is 16.8. The lowest BCUT2D eigenvalue weighted by atomic mass is 9.81. The highest BCUT2D eigenvalue weighted by atomic mass is 79.9. The van der Waals surface area contributed by atoms with Gasteiger partial charge in [0, 0.05) is 19.3 Å². The molecule has 0 spiro atoms. The fourth-order valence-electron chi connectivity index (χ4n) is 8.97. The smallest absolute Gasteiger partial charge is 0.238 e. The molecule has 0 aromatic heterocycles. The predicted octanol–water partition coefficient (Wildman–Crippen LogP) is 5.84. The summed E-state index contributed by atoms with van der Waals surface area (Å²) in [5, 5.41) is 0. The van der Waals surface area contributed by atoms with E-state index in [-0.39, 0.29) is 90.3 Å². The Kier molecular flexibility index (Phi) is 6.35. The minimum absolute atomic E-state index is 0.0684. The summed E-state index contributed by atoms with van der Waals surface area (Å²) in [6, 6.07) is 15.3. The summed E-state index contributed by atoms with van der Waals surface area (Å²) < 4.78 is 0. The largest absolute Gasteiger partial charge is 0.274 e. The molecule has 212 valence electrons. The molecule has 2 aliphatic heterocycles. The fraction of sp³-hybridized carbons (Fsp3) is 0.484. The number of alkyl halides is 4. The van der Waals surface area contributed by atoms with E-state index in [1.165, 1.54) is 9.80 Å². The number of hydrogen-bond acceptors (Lipinski definition) is 4. The molecule has 8 rings (SSSR count). The maximum atomic E-state index is 13.4. The van der Waals surface area contributed by atoms with Crippen molar-refractivity contribution in [3.63, 3.8) is 0 Å². The van der Waals surface area contributed by atoms with Crippen LogP contribution in [-0.4, -0.2) is 42.9 Å². The summed E-state index contributed by atoms with van der Waals surface area (Å²) in [5.74, 6) is -0.398. The van der Waals surface area contributed by atoms with E-state index in [1.54, 1.807) is 0 Å². The fourth-order valence-corrected chi connectivity index (χ4v) is 12.7. The van der Waals surface area contributed by atoms with Gasteiger partial charge in [0.05, 0.1) is 35.0 Å². The highest BCUT2D eigenvalue weighted by Crippen LogP contribution is 2.61. The topological polar surface area (TPSA) is 74.8 Å². The Morgan fingerprint density at radius 1 is 0.488 bits per heavy atom. The average molecular weight is 810 g/mol. The van der Waals surface area contributed by atoms with E-state index in [0.717, 1.165) is 24.0 Å². The second-order valence-electron chi connectivity index (χ2n) is 12.5. The van der Waals surface area contributed by atoms with Crippen LogP contribution < -0.4 is 9.80 Å². The lowest BCUT2D eigenvalue weighted by molar-refractivity contribution is -0.124. The minimum atomic E-state index is -0.227. The van der Waals surface area contributed by atoms with Crippen LogP contribution in [0.25, 0.3) is 0 Å². The van der Waals surface area contributed by atoms with Crippen LogP contribution in [-0.2, 0) is 25.6 Å². The molecular weight excluding hydrogens is 784 g/mol. The Labute approximate surface area is 271 Å². The summed E-state index contributed by atoms with van der Waals surface area (Å²) in [7, 11) is 0. The van der Waals surface area contributed by atoms with Crippen molar-refractivity contribution in [3.8, 4) is 0 Å². The van der Waals surface area contributed by atoms with Crippen LogP contribution in [0.3, 0.4) is 0 Å². The third-order valence-electron chi connectivity index (χ3n) is 10.8. The Balaban J connectivity index is 0.965. The predicted molar refractivity (Wildman–Crippen MR) is 169 cm³/mol. The zero-order chi connectivity index (χ0) is 28.5. The first kappa shape index (κ1) is 27.2. The third-order valence-corrected chi connectivity index (χ3v) is 17.2. The number of amides is 4. The van der Waals surface area contributed by atoms with Gasteiger partial charge < -0.3 is 0 Å². The van der Waals surface area contributed by atoms with Crippen LogP contribution in [0.5, 0.6) is 0 Å². The standard InChI is InChI=1S/C31H26Br4N2O4/c32-24-16-10-17(25(24)33)21-20(16)28(38)36(29(21)39)14-5-1-12(2-6-14)9-13-3-7-15(8-4-13)37-30(40)22-18-11-19(23(22)31(37)41)27(35)26(18)34/h1-8,16-27H,9-11H2/t16?,17?,18?,19?,20?,21?,22?,23?,24-,25-,26-,27-/m0/s1. The van der Waals surface area contributed by atoms with Gasteiger partial charge in [-0.3, -0.25) is 29.0 Å². The lowest BCUT2D eigenvalue weighted by Gasteiger charge is -2.28. The van der Waals surface area contributed by atoms with Gasteiger partial charge >= 0.3 is 0 Å². The number of halogens is 4. The van der Waals surface area contributed by atoms with Gasteiger partial charge in [0.1, 0.15) is 0 Å². The van der Waals surface area contributed by atoms with Gasteiger partial charge in [-0.05, 0) is 78.3 Å². The number of imide groups is 2. The van der Waals surface area contributed by atoms with Crippen LogP contribution in [0.2, 0.25) is 0 Å². The molecule has 2 aromatic carbocycles. The molecule has 12 atom stereocenters. The van der Waals surface area contributed by atoms with Gasteiger partial charge in [-0.1, -0.05) is 88.0 Å².